The third-order valence-corrected chi connectivity index (χ3v) is 6.62. The summed E-state index contributed by atoms with van der Waals surface area (Å²) in [5.74, 6) is 0.917. The summed E-state index contributed by atoms with van der Waals surface area (Å²) in [6, 6.07) is 9.23. The zero-order chi connectivity index (χ0) is 15.6. The second kappa shape index (κ2) is 6.36. The fraction of sp³-hybridized carbons (Fsp3) is 0.400. The molecule has 0 saturated carbocycles. The Hall–Kier alpha value is -1.44. The van der Waals surface area contributed by atoms with Gasteiger partial charge in [-0.1, -0.05) is 12.1 Å². The predicted molar refractivity (Wildman–Crippen MR) is 88.8 cm³/mol. The molecule has 118 valence electrons. The van der Waals surface area contributed by atoms with Crippen molar-refractivity contribution < 1.29 is 8.42 Å². The van der Waals surface area contributed by atoms with Gasteiger partial charge in [0.15, 0.2) is 0 Å². The Labute approximate surface area is 135 Å². The van der Waals surface area contributed by atoms with Gasteiger partial charge in [0.25, 0.3) is 0 Å². The van der Waals surface area contributed by atoms with Gasteiger partial charge in [0.2, 0.25) is 10.0 Å². The zero-order valence-electron chi connectivity index (χ0n) is 12.4. The van der Waals surface area contributed by atoms with Crippen molar-refractivity contribution in [1.82, 2.24) is 9.71 Å². The van der Waals surface area contributed by atoms with Gasteiger partial charge in [-0.2, -0.15) is 0 Å². The second-order valence-corrected chi connectivity index (χ2v) is 8.36. The Morgan fingerprint density at radius 1 is 1.32 bits per heavy atom. The molecule has 0 radical (unpaired) electrons. The van der Waals surface area contributed by atoms with E-state index in [0.29, 0.717) is 10.8 Å². The number of aromatic nitrogens is 1. The largest absolute Gasteiger partial charge is 0.355 e. The second-order valence-electron chi connectivity index (χ2n) is 5.48. The molecular weight excluding hydrogens is 318 g/mol. The van der Waals surface area contributed by atoms with E-state index in [4.69, 9.17) is 0 Å². The summed E-state index contributed by atoms with van der Waals surface area (Å²) in [6.45, 7) is 3.53. The number of rotatable bonds is 4. The van der Waals surface area contributed by atoms with E-state index in [1.807, 2.05) is 25.1 Å². The van der Waals surface area contributed by atoms with E-state index in [0.717, 1.165) is 30.9 Å². The van der Waals surface area contributed by atoms with Crippen molar-refractivity contribution >= 4 is 27.2 Å². The molecule has 2 aromatic heterocycles. The predicted octanol–water partition coefficient (Wildman–Crippen LogP) is 2.40. The number of sulfonamides is 1. The molecule has 7 heteroatoms. The average Bonchev–Trinajstić information content (AvgIpc) is 3.02. The summed E-state index contributed by atoms with van der Waals surface area (Å²) in [7, 11) is -3.41. The van der Waals surface area contributed by atoms with Crippen molar-refractivity contribution in [2.75, 3.05) is 18.0 Å². The first kappa shape index (κ1) is 15.5. The number of aryl methyl sites for hydroxylation is 1. The van der Waals surface area contributed by atoms with Crippen LogP contribution in [0.2, 0.25) is 0 Å². The van der Waals surface area contributed by atoms with Crippen LogP contribution in [0, 0.1) is 6.92 Å². The van der Waals surface area contributed by atoms with Gasteiger partial charge in [-0.3, -0.25) is 0 Å². The highest BCUT2D eigenvalue weighted by molar-refractivity contribution is 7.91. The highest BCUT2D eigenvalue weighted by Crippen LogP contribution is 2.21. The number of pyridine rings is 1. The van der Waals surface area contributed by atoms with Crippen LogP contribution in [-0.4, -0.2) is 32.5 Å². The zero-order valence-corrected chi connectivity index (χ0v) is 14.0. The summed E-state index contributed by atoms with van der Waals surface area (Å²) in [4.78, 5) is 6.68. The molecule has 1 saturated heterocycles. The minimum atomic E-state index is -3.41. The fourth-order valence-corrected chi connectivity index (χ4v) is 4.95. The van der Waals surface area contributed by atoms with Crippen molar-refractivity contribution in [3.8, 4) is 0 Å². The van der Waals surface area contributed by atoms with Crippen LogP contribution in [0.3, 0.4) is 0 Å². The van der Waals surface area contributed by atoms with E-state index >= 15 is 0 Å². The molecule has 0 spiro atoms. The highest BCUT2D eigenvalue weighted by Gasteiger charge is 2.26. The molecule has 22 heavy (non-hydrogen) atoms. The van der Waals surface area contributed by atoms with Crippen LogP contribution in [0.15, 0.2) is 39.9 Å². The topological polar surface area (TPSA) is 62.3 Å². The maximum absolute atomic E-state index is 12.3. The number of nitrogens with one attached hydrogen (secondary N) is 1. The minimum Gasteiger partial charge on any atom is -0.355 e. The monoisotopic (exact) mass is 337 g/mol. The third kappa shape index (κ3) is 3.48. The first-order valence-electron chi connectivity index (χ1n) is 7.29. The highest BCUT2D eigenvalue weighted by atomic mass is 32.2. The number of hydrogen-bond acceptors (Lipinski definition) is 5. The summed E-state index contributed by atoms with van der Waals surface area (Å²) in [5, 5.41) is 1.78. The molecule has 0 aromatic carbocycles. The smallest absolute Gasteiger partial charge is 0.250 e. The molecule has 0 amide bonds. The standard InChI is InChI=1S/C15H19N3O2S2/c1-12-5-2-7-14(16-12)18-9-3-6-13(11-18)17-22(19,20)15-8-4-10-21-15/h2,4-5,7-8,10,13,17H,3,6,9,11H2,1H3/t13-/m1/s1. The molecule has 0 unspecified atom stereocenters. The first-order valence-corrected chi connectivity index (χ1v) is 9.65. The first-order chi connectivity index (χ1) is 10.5. The van der Waals surface area contributed by atoms with Gasteiger partial charge >= 0.3 is 0 Å². The number of hydrogen-bond donors (Lipinski definition) is 1. The van der Waals surface area contributed by atoms with Crippen LogP contribution >= 0.6 is 11.3 Å². The molecule has 5 nitrogen and oxygen atoms in total. The number of piperidine rings is 1. The van der Waals surface area contributed by atoms with Gasteiger partial charge in [0.05, 0.1) is 0 Å². The molecular formula is C15H19N3O2S2. The Morgan fingerprint density at radius 2 is 2.18 bits per heavy atom. The molecule has 3 heterocycles. The summed E-state index contributed by atoms with van der Waals surface area (Å²) >= 11 is 1.24. The Bertz CT molecular complexity index is 729. The van der Waals surface area contributed by atoms with Crippen molar-refractivity contribution in [2.24, 2.45) is 0 Å². The lowest BCUT2D eigenvalue weighted by atomic mass is 10.1. The average molecular weight is 337 g/mol. The van der Waals surface area contributed by atoms with Crippen LogP contribution in [-0.2, 0) is 10.0 Å². The lowest BCUT2D eigenvalue weighted by Gasteiger charge is -2.33. The normalized spacial score (nSPS) is 19.3. The van der Waals surface area contributed by atoms with Gasteiger partial charge in [-0.25, -0.2) is 18.1 Å². The molecule has 2 aromatic rings. The maximum Gasteiger partial charge on any atom is 0.250 e. The Balaban J connectivity index is 1.71. The van der Waals surface area contributed by atoms with E-state index in [-0.39, 0.29) is 6.04 Å². The summed E-state index contributed by atoms with van der Waals surface area (Å²) in [5.41, 5.74) is 0.971. The lowest BCUT2D eigenvalue weighted by Crippen LogP contribution is -2.47. The van der Waals surface area contributed by atoms with Crippen molar-refractivity contribution in [3.63, 3.8) is 0 Å². The van der Waals surface area contributed by atoms with Gasteiger partial charge in [-0.15, -0.1) is 11.3 Å². The van der Waals surface area contributed by atoms with Gasteiger partial charge in [0, 0.05) is 24.8 Å². The summed E-state index contributed by atoms with van der Waals surface area (Å²) in [6.07, 6.45) is 1.81. The number of thiophene rings is 1. The quantitative estimate of drug-likeness (QED) is 0.930. The van der Waals surface area contributed by atoms with E-state index in [1.165, 1.54) is 11.3 Å². The van der Waals surface area contributed by atoms with Crippen LogP contribution in [0.25, 0.3) is 0 Å². The Kier molecular flexibility index (Phi) is 4.46. The Morgan fingerprint density at radius 3 is 2.91 bits per heavy atom. The van der Waals surface area contributed by atoms with Crippen LogP contribution in [0.4, 0.5) is 5.82 Å². The molecule has 1 atom stereocenters. The fourth-order valence-electron chi connectivity index (χ4n) is 2.68. The number of anilines is 1. The van der Waals surface area contributed by atoms with Crippen LogP contribution in [0.1, 0.15) is 18.5 Å². The van der Waals surface area contributed by atoms with Crippen LogP contribution in [0.5, 0.6) is 0 Å². The van der Waals surface area contributed by atoms with E-state index in [1.54, 1.807) is 17.5 Å². The van der Waals surface area contributed by atoms with Crippen molar-refractivity contribution in [1.29, 1.82) is 0 Å². The molecule has 0 aliphatic carbocycles. The van der Waals surface area contributed by atoms with Gasteiger partial charge < -0.3 is 4.90 Å². The SMILES string of the molecule is Cc1cccc(N2CCC[C@@H](NS(=O)(=O)c3cccs3)C2)n1. The van der Waals surface area contributed by atoms with E-state index < -0.39 is 10.0 Å². The van der Waals surface area contributed by atoms with Crippen molar-refractivity contribution in [3.05, 3.63) is 41.4 Å². The lowest BCUT2D eigenvalue weighted by molar-refractivity contribution is 0.464. The van der Waals surface area contributed by atoms with E-state index in [9.17, 15) is 8.42 Å². The van der Waals surface area contributed by atoms with E-state index in [2.05, 4.69) is 14.6 Å². The van der Waals surface area contributed by atoms with Gasteiger partial charge in [0.1, 0.15) is 10.0 Å². The molecule has 1 fully saturated rings. The van der Waals surface area contributed by atoms with Gasteiger partial charge in [-0.05, 0) is 43.3 Å². The molecule has 1 N–H and O–H groups in total. The van der Waals surface area contributed by atoms with Crippen molar-refractivity contribution in [2.45, 2.75) is 30.0 Å². The maximum atomic E-state index is 12.3. The molecule has 1 aliphatic rings. The number of nitrogens with zero attached hydrogens (tertiary/aromatic N) is 2. The molecule has 0 bridgehead atoms. The third-order valence-electron chi connectivity index (χ3n) is 3.70. The summed E-state index contributed by atoms with van der Waals surface area (Å²) < 4.78 is 27.8. The van der Waals surface area contributed by atoms with Crippen LogP contribution < -0.4 is 9.62 Å². The molecule has 1 aliphatic heterocycles. The minimum absolute atomic E-state index is 0.0804. The molecule has 3 rings (SSSR count).